The first-order chi connectivity index (χ1) is 8.08. The Labute approximate surface area is 99.0 Å². The molecule has 2 rings (SSSR count). The van der Waals surface area contributed by atoms with E-state index in [0.717, 1.165) is 16.8 Å². The molecule has 1 N–H and O–H groups in total. The standard InChI is InChI=1S/C13H12N2O2/c1-8-7-14-9(2)15-12(8)10-4-3-5-11(6-10)13(16)17/h3-7H,1-2H3,(H,16,17). The molecule has 4 heteroatoms. The summed E-state index contributed by atoms with van der Waals surface area (Å²) in [5, 5.41) is 8.95. The van der Waals surface area contributed by atoms with Crippen LogP contribution in [0.25, 0.3) is 11.3 Å². The van der Waals surface area contributed by atoms with Crippen LogP contribution in [0.1, 0.15) is 21.7 Å². The van der Waals surface area contributed by atoms with E-state index >= 15 is 0 Å². The van der Waals surface area contributed by atoms with Crippen LogP contribution < -0.4 is 0 Å². The molecule has 0 aliphatic rings. The molecule has 0 spiro atoms. The Morgan fingerprint density at radius 1 is 1.29 bits per heavy atom. The first kappa shape index (κ1) is 11.3. The summed E-state index contributed by atoms with van der Waals surface area (Å²) in [5.74, 6) is -0.262. The first-order valence-electron chi connectivity index (χ1n) is 5.22. The molecule has 4 nitrogen and oxygen atoms in total. The maximum absolute atomic E-state index is 10.9. The Morgan fingerprint density at radius 3 is 2.76 bits per heavy atom. The van der Waals surface area contributed by atoms with Crippen molar-refractivity contribution in [3.8, 4) is 11.3 Å². The van der Waals surface area contributed by atoms with Crippen molar-refractivity contribution in [2.24, 2.45) is 0 Å². The third kappa shape index (κ3) is 2.30. The lowest BCUT2D eigenvalue weighted by Crippen LogP contribution is -1.98. The molecule has 0 aliphatic carbocycles. The molecule has 0 bridgehead atoms. The molecule has 0 unspecified atom stereocenters. The smallest absolute Gasteiger partial charge is 0.335 e. The van der Waals surface area contributed by atoms with Crippen LogP contribution in [-0.2, 0) is 0 Å². The fourth-order valence-corrected chi connectivity index (χ4v) is 1.62. The minimum absolute atomic E-state index is 0.262. The molecule has 1 aromatic heterocycles. The van der Waals surface area contributed by atoms with Crippen molar-refractivity contribution in [2.45, 2.75) is 13.8 Å². The summed E-state index contributed by atoms with van der Waals surface area (Å²) in [6.45, 7) is 3.71. The number of rotatable bonds is 2. The first-order valence-corrected chi connectivity index (χ1v) is 5.22. The van der Waals surface area contributed by atoms with Gasteiger partial charge in [-0.1, -0.05) is 12.1 Å². The molecule has 2 aromatic rings. The van der Waals surface area contributed by atoms with Crippen LogP contribution in [0.2, 0.25) is 0 Å². The maximum Gasteiger partial charge on any atom is 0.335 e. The highest BCUT2D eigenvalue weighted by atomic mass is 16.4. The summed E-state index contributed by atoms with van der Waals surface area (Å²) >= 11 is 0. The van der Waals surface area contributed by atoms with Crippen LogP contribution in [0.4, 0.5) is 0 Å². The minimum Gasteiger partial charge on any atom is -0.478 e. The van der Waals surface area contributed by atoms with Gasteiger partial charge in [-0.05, 0) is 31.5 Å². The molecule has 0 saturated heterocycles. The molecule has 0 saturated carbocycles. The number of aromatic carboxylic acids is 1. The number of aromatic nitrogens is 2. The quantitative estimate of drug-likeness (QED) is 0.857. The van der Waals surface area contributed by atoms with Gasteiger partial charge >= 0.3 is 5.97 Å². The minimum atomic E-state index is -0.935. The number of hydrogen-bond acceptors (Lipinski definition) is 3. The second-order valence-corrected chi connectivity index (χ2v) is 3.83. The van der Waals surface area contributed by atoms with Crippen molar-refractivity contribution < 1.29 is 9.90 Å². The third-order valence-electron chi connectivity index (χ3n) is 2.48. The zero-order valence-electron chi connectivity index (χ0n) is 9.64. The number of benzene rings is 1. The lowest BCUT2D eigenvalue weighted by molar-refractivity contribution is 0.0697. The number of aryl methyl sites for hydroxylation is 2. The second-order valence-electron chi connectivity index (χ2n) is 3.83. The van der Waals surface area contributed by atoms with Crippen LogP contribution in [0.5, 0.6) is 0 Å². The molecular formula is C13H12N2O2. The van der Waals surface area contributed by atoms with Crippen LogP contribution in [-0.4, -0.2) is 21.0 Å². The molecule has 0 fully saturated rings. The number of carbonyl (C=O) groups is 1. The highest BCUT2D eigenvalue weighted by Crippen LogP contribution is 2.21. The lowest BCUT2D eigenvalue weighted by atomic mass is 10.1. The van der Waals surface area contributed by atoms with Crippen LogP contribution >= 0.6 is 0 Å². The van der Waals surface area contributed by atoms with E-state index in [9.17, 15) is 4.79 Å². The predicted molar refractivity (Wildman–Crippen MR) is 63.9 cm³/mol. The van der Waals surface area contributed by atoms with E-state index in [-0.39, 0.29) is 5.56 Å². The second kappa shape index (κ2) is 4.33. The highest BCUT2D eigenvalue weighted by Gasteiger charge is 2.08. The molecule has 1 aromatic carbocycles. The monoisotopic (exact) mass is 228 g/mol. The van der Waals surface area contributed by atoms with Crippen LogP contribution in [0.3, 0.4) is 0 Å². The van der Waals surface area contributed by atoms with Gasteiger partial charge in [0.2, 0.25) is 0 Å². The van der Waals surface area contributed by atoms with Crippen molar-refractivity contribution in [1.29, 1.82) is 0 Å². The van der Waals surface area contributed by atoms with E-state index in [1.807, 2.05) is 19.9 Å². The predicted octanol–water partition coefficient (Wildman–Crippen LogP) is 2.46. The van der Waals surface area contributed by atoms with E-state index < -0.39 is 5.97 Å². The molecule has 1 heterocycles. The molecule has 0 aliphatic heterocycles. The fourth-order valence-electron chi connectivity index (χ4n) is 1.62. The molecular weight excluding hydrogens is 216 g/mol. The van der Waals surface area contributed by atoms with E-state index in [2.05, 4.69) is 9.97 Å². The number of carboxylic acids is 1. The van der Waals surface area contributed by atoms with Gasteiger partial charge in [-0.15, -0.1) is 0 Å². The van der Waals surface area contributed by atoms with Crippen LogP contribution in [0.15, 0.2) is 30.5 Å². The summed E-state index contributed by atoms with van der Waals surface area (Å²) in [6.07, 6.45) is 1.74. The van der Waals surface area contributed by atoms with E-state index in [1.54, 1.807) is 24.4 Å². The van der Waals surface area contributed by atoms with E-state index in [0.29, 0.717) is 5.82 Å². The van der Waals surface area contributed by atoms with E-state index in [1.165, 1.54) is 0 Å². The topological polar surface area (TPSA) is 63.1 Å². The normalized spacial score (nSPS) is 10.2. The average molecular weight is 228 g/mol. The SMILES string of the molecule is Cc1ncc(C)c(-c2cccc(C(=O)O)c2)n1. The Balaban J connectivity index is 2.56. The molecule has 86 valence electrons. The van der Waals surface area contributed by atoms with Crippen molar-refractivity contribution in [2.75, 3.05) is 0 Å². The maximum atomic E-state index is 10.9. The zero-order chi connectivity index (χ0) is 12.4. The van der Waals surface area contributed by atoms with E-state index in [4.69, 9.17) is 5.11 Å². The number of nitrogens with zero attached hydrogens (tertiary/aromatic N) is 2. The largest absolute Gasteiger partial charge is 0.478 e. The lowest BCUT2D eigenvalue weighted by Gasteiger charge is -2.06. The van der Waals surface area contributed by atoms with Gasteiger partial charge in [0.1, 0.15) is 5.82 Å². The number of hydrogen-bond donors (Lipinski definition) is 1. The summed E-state index contributed by atoms with van der Waals surface area (Å²) in [7, 11) is 0. The van der Waals surface area contributed by atoms with Gasteiger partial charge < -0.3 is 5.11 Å². The summed E-state index contributed by atoms with van der Waals surface area (Å²) in [4.78, 5) is 19.3. The van der Waals surface area contributed by atoms with Crippen LogP contribution in [0, 0.1) is 13.8 Å². The Morgan fingerprint density at radius 2 is 2.06 bits per heavy atom. The summed E-state index contributed by atoms with van der Waals surface area (Å²) in [5.41, 5.74) is 2.77. The van der Waals surface area contributed by atoms with Gasteiger partial charge in [-0.2, -0.15) is 0 Å². The molecule has 0 amide bonds. The summed E-state index contributed by atoms with van der Waals surface area (Å²) in [6, 6.07) is 6.75. The highest BCUT2D eigenvalue weighted by molar-refractivity contribution is 5.89. The van der Waals surface area contributed by atoms with Crippen molar-refractivity contribution in [3.05, 3.63) is 47.4 Å². The van der Waals surface area contributed by atoms with Gasteiger partial charge in [0.25, 0.3) is 0 Å². The van der Waals surface area contributed by atoms with Gasteiger partial charge in [-0.3, -0.25) is 0 Å². The van der Waals surface area contributed by atoms with Gasteiger partial charge in [0.05, 0.1) is 11.3 Å². The van der Waals surface area contributed by atoms with Gasteiger partial charge in [0.15, 0.2) is 0 Å². The molecule has 17 heavy (non-hydrogen) atoms. The molecule has 0 atom stereocenters. The third-order valence-corrected chi connectivity index (χ3v) is 2.48. The Hall–Kier alpha value is -2.23. The molecule has 0 radical (unpaired) electrons. The fraction of sp³-hybridized carbons (Fsp3) is 0.154. The average Bonchev–Trinajstić information content (AvgIpc) is 2.32. The van der Waals surface area contributed by atoms with Crippen molar-refractivity contribution in [1.82, 2.24) is 9.97 Å². The summed E-state index contributed by atoms with van der Waals surface area (Å²) < 4.78 is 0. The van der Waals surface area contributed by atoms with Crippen molar-refractivity contribution >= 4 is 5.97 Å². The van der Waals surface area contributed by atoms with Gasteiger partial charge in [-0.25, -0.2) is 14.8 Å². The zero-order valence-corrected chi connectivity index (χ0v) is 9.64. The number of carboxylic acid groups (broad SMARTS) is 1. The Bertz CT molecular complexity index is 579. The van der Waals surface area contributed by atoms with Crippen molar-refractivity contribution in [3.63, 3.8) is 0 Å². The van der Waals surface area contributed by atoms with Gasteiger partial charge in [0, 0.05) is 11.8 Å². The Kier molecular flexibility index (Phi) is 2.87.